The maximum Gasteiger partial charge on any atom is 0.252 e. The molecule has 1 fully saturated rings. The minimum Gasteiger partial charge on any atom is -0.361 e. The normalized spacial score (nSPS) is 14.9. The van der Waals surface area contributed by atoms with E-state index in [2.05, 4.69) is 10.3 Å². The number of amides is 2. The highest BCUT2D eigenvalue weighted by Gasteiger charge is 2.29. The molecule has 29 heavy (non-hydrogen) atoms. The zero-order valence-corrected chi connectivity index (χ0v) is 15.8. The number of aromatic nitrogens is 1. The van der Waals surface area contributed by atoms with E-state index >= 15 is 0 Å². The molecule has 2 aromatic carbocycles. The van der Waals surface area contributed by atoms with Gasteiger partial charge >= 0.3 is 0 Å². The summed E-state index contributed by atoms with van der Waals surface area (Å²) in [5.74, 6) is -2.90. The number of para-hydroxylation sites is 1. The Hall–Kier alpha value is -3.22. The Bertz CT molecular complexity index is 1060. The number of halogens is 2. The molecule has 0 bridgehead atoms. The topological polar surface area (TPSA) is 65.2 Å². The predicted molar refractivity (Wildman–Crippen MR) is 105 cm³/mol. The first-order valence-electron chi connectivity index (χ1n) is 9.62. The molecule has 4 rings (SSSR count). The molecule has 5 nitrogen and oxygen atoms in total. The first-order chi connectivity index (χ1) is 14.0. The number of nitrogens with zero attached hydrogens (tertiary/aromatic N) is 1. The van der Waals surface area contributed by atoms with Crippen molar-refractivity contribution < 1.29 is 18.4 Å². The lowest BCUT2D eigenvalue weighted by atomic mass is 10.0. The van der Waals surface area contributed by atoms with Crippen LogP contribution in [0.2, 0.25) is 0 Å². The van der Waals surface area contributed by atoms with Crippen LogP contribution in [0.1, 0.15) is 28.8 Å². The van der Waals surface area contributed by atoms with Gasteiger partial charge in [0.05, 0.1) is 0 Å². The van der Waals surface area contributed by atoms with Crippen molar-refractivity contribution in [3.63, 3.8) is 0 Å². The third-order valence-corrected chi connectivity index (χ3v) is 5.30. The van der Waals surface area contributed by atoms with Gasteiger partial charge < -0.3 is 15.2 Å². The summed E-state index contributed by atoms with van der Waals surface area (Å²) in [6.07, 6.45) is 4.00. The highest BCUT2D eigenvalue weighted by atomic mass is 19.2. The van der Waals surface area contributed by atoms with Crippen LogP contribution in [0.4, 0.5) is 8.78 Å². The van der Waals surface area contributed by atoms with E-state index in [9.17, 15) is 18.4 Å². The van der Waals surface area contributed by atoms with Crippen molar-refractivity contribution in [1.82, 2.24) is 15.2 Å². The summed E-state index contributed by atoms with van der Waals surface area (Å²) in [4.78, 5) is 30.6. The molecule has 1 aromatic heterocycles. The largest absolute Gasteiger partial charge is 0.361 e. The Morgan fingerprint density at radius 3 is 2.59 bits per heavy atom. The Morgan fingerprint density at radius 1 is 1.07 bits per heavy atom. The van der Waals surface area contributed by atoms with Gasteiger partial charge in [-0.15, -0.1) is 0 Å². The van der Waals surface area contributed by atoms with E-state index in [0.29, 0.717) is 19.5 Å². The molecule has 7 heteroatoms. The summed E-state index contributed by atoms with van der Waals surface area (Å²) in [7, 11) is 0. The number of fused-ring (bicyclic) bond motifs is 1. The Balaban J connectivity index is 1.60. The van der Waals surface area contributed by atoms with Gasteiger partial charge in [-0.1, -0.05) is 18.2 Å². The second-order valence-corrected chi connectivity index (χ2v) is 7.25. The molecule has 150 valence electrons. The first kappa shape index (κ1) is 19.1. The van der Waals surface area contributed by atoms with Gasteiger partial charge in [-0.05, 0) is 42.7 Å². The third-order valence-electron chi connectivity index (χ3n) is 5.30. The van der Waals surface area contributed by atoms with Gasteiger partial charge in [0.15, 0.2) is 11.6 Å². The van der Waals surface area contributed by atoms with Crippen molar-refractivity contribution in [2.75, 3.05) is 13.1 Å². The molecule has 1 aliphatic heterocycles. The van der Waals surface area contributed by atoms with Gasteiger partial charge in [0.1, 0.15) is 6.04 Å². The number of hydrogen-bond donors (Lipinski definition) is 2. The van der Waals surface area contributed by atoms with Gasteiger partial charge in [-0.3, -0.25) is 9.59 Å². The smallest absolute Gasteiger partial charge is 0.252 e. The van der Waals surface area contributed by atoms with E-state index in [0.717, 1.165) is 41.4 Å². The number of benzene rings is 2. The lowest BCUT2D eigenvalue weighted by Gasteiger charge is -2.24. The second kappa shape index (κ2) is 8.03. The fourth-order valence-electron chi connectivity index (χ4n) is 3.76. The van der Waals surface area contributed by atoms with Crippen LogP contribution in [-0.4, -0.2) is 40.8 Å². The summed E-state index contributed by atoms with van der Waals surface area (Å²) in [5, 5.41) is 3.71. The summed E-state index contributed by atoms with van der Waals surface area (Å²) >= 11 is 0. The van der Waals surface area contributed by atoms with Crippen LogP contribution in [-0.2, 0) is 11.2 Å². The molecule has 0 spiro atoms. The van der Waals surface area contributed by atoms with Crippen molar-refractivity contribution >= 4 is 22.7 Å². The maximum absolute atomic E-state index is 13.5. The molecule has 2 heterocycles. The standard InChI is InChI=1S/C22H21F2N3O2/c23-17-8-7-14(11-18(17)24)21(28)26-20(22(29)27-9-3-4-10-27)12-15-13-25-19-6-2-1-5-16(15)19/h1-2,5-8,11,13,20,25H,3-4,9-10,12H2,(H,26,28)/t20-/m0/s1. The highest BCUT2D eigenvalue weighted by molar-refractivity contribution is 5.98. The van der Waals surface area contributed by atoms with Crippen molar-refractivity contribution in [2.45, 2.75) is 25.3 Å². The van der Waals surface area contributed by atoms with Crippen LogP contribution in [0.3, 0.4) is 0 Å². The van der Waals surface area contributed by atoms with Crippen LogP contribution >= 0.6 is 0 Å². The minimum absolute atomic E-state index is 0.0259. The Kier molecular flexibility index (Phi) is 5.29. The average Bonchev–Trinajstić information content (AvgIpc) is 3.39. The van der Waals surface area contributed by atoms with Crippen LogP contribution in [0.5, 0.6) is 0 Å². The zero-order valence-electron chi connectivity index (χ0n) is 15.8. The van der Waals surface area contributed by atoms with Crippen molar-refractivity contribution in [2.24, 2.45) is 0 Å². The number of aromatic amines is 1. The molecule has 2 amide bonds. The van der Waals surface area contributed by atoms with Crippen LogP contribution in [0.15, 0.2) is 48.7 Å². The zero-order chi connectivity index (χ0) is 20.4. The molecule has 1 atom stereocenters. The average molecular weight is 397 g/mol. The quantitative estimate of drug-likeness (QED) is 0.693. The molecule has 1 aliphatic rings. The maximum atomic E-state index is 13.5. The lowest BCUT2D eigenvalue weighted by Crippen LogP contribution is -2.49. The SMILES string of the molecule is O=C(N[C@@H](Cc1c[nH]c2ccccc12)C(=O)N1CCCC1)c1ccc(F)c(F)c1. The Labute approximate surface area is 166 Å². The summed E-state index contributed by atoms with van der Waals surface area (Å²) in [5.41, 5.74) is 1.83. The first-order valence-corrected chi connectivity index (χ1v) is 9.62. The van der Waals surface area contributed by atoms with Gasteiger partial charge in [-0.2, -0.15) is 0 Å². The van der Waals surface area contributed by atoms with Crippen LogP contribution in [0.25, 0.3) is 10.9 Å². The number of likely N-dealkylation sites (tertiary alicyclic amines) is 1. The Morgan fingerprint density at radius 2 is 1.83 bits per heavy atom. The summed E-state index contributed by atoms with van der Waals surface area (Å²) < 4.78 is 26.7. The number of carbonyl (C=O) groups excluding carboxylic acids is 2. The van der Waals surface area contributed by atoms with Gasteiger partial charge in [0.2, 0.25) is 5.91 Å². The van der Waals surface area contributed by atoms with E-state index in [4.69, 9.17) is 0 Å². The summed E-state index contributed by atoms with van der Waals surface area (Å²) in [6, 6.07) is 9.88. The molecule has 0 radical (unpaired) electrons. The van der Waals surface area contributed by atoms with E-state index in [1.165, 1.54) is 6.07 Å². The van der Waals surface area contributed by atoms with Gasteiger partial charge in [0.25, 0.3) is 5.91 Å². The molecule has 0 aliphatic carbocycles. The van der Waals surface area contributed by atoms with Gasteiger partial charge in [0, 0.05) is 42.2 Å². The predicted octanol–water partition coefficient (Wildman–Crippen LogP) is 3.41. The monoisotopic (exact) mass is 397 g/mol. The van der Waals surface area contributed by atoms with Crippen LogP contribution < -0.4 is 5.32 Å². The molecular weight excluding hydrogens is 376 g/mol. The minimum atomic E-state index is -1.10. The van der Waals surface area contributed by atoms with E-state index in [-0.39, 0.29) is 11.5 Å². The van der Waals surface area contributed by atoms with E-state index in [1.807, 2.05) is 30.5 Å². The second-order valence-electron chi connectivity index (χ2n) is 7.25. The number of H-pyrrole nitrogens is 1. The highest BCUT2D eigenvalue weighted by Crippen LogP contribution is 2.21. The summed E-state index contributed by atoms with van der Waals surface area (Å²) in [6.45, 7) is 1.31. The molecular formula is C22H21F2N3O2. The van der Waals surface area contributed by atoms with Crippen molar-refractivity contribution in [3.05, 3.63) is 71.4 Å². The van der Waals surface area contributed by atoms with E-state index < -0.39 is 23.6 Å². The number of nitrogens with one attached hydrogen (secondary N) is 2. The van der Waals surface area contributed by atoms with Crippen molar-refractivity contribution in [1.29, 1.82) is 0 Å². The molecule has 3 aromatic rings. The molecule has 1 saturated heterocycles. The molecule has 0 saturated carbocycles. The fraction of sp³-hybridized carbons (Fsp3) is 0.273. The van der Waals surface area contributed by atoms with Gasteiger partial charge in [-0.25, -0.2) is 8.78 Å². The van der Waals surface area contributed by atoms with Crippen LogP contribution in [0, 0.1) is 11.6 Å². The number of carbonyl (C=O) groups is 2. The molecule has 2 N–H and O–H groups in total. The number of hydrogen-bond acceptors (Lipinski definition) is 2. The molecule has 0 unspecified atom stereocenters. The fourth-order valence-corrected chi connectivity index (χ4v) is 3.76. The lowest BCUT2D eigenvalue weighted by molar-refractivity contribution is -0.132. The van der Waals surface area contributed by atoms with E-state index in [1.54, 1.807) is 4.90 Å². The third kappa shape index (κ3) is 3.99. The van der Waals surface area contributed by atoms with Crippen molar-refractivity contribution in [3.8, 4) is 0 Å². The number of rotatable bonds is 5.